The number of hydrogen-bond acceptors (Lipinski definition) is 5. The molecule has 5 nitrogen and oxygen atoms in total. The zero-order valence-electron chi connectivity index (χ0n) is 18.8. The van der Waals surface area contributed by atoms with Gasteiger partial charge in [-0.15, -0.1) is 0 Å². The Hall–Kier alpha value is -3.86. The van der Waals surface area contributed by atoms with Crippen LogP contribution in [-0.4, -0.2) is 18.9 Å². The van der Waals surface area contributed by atoms with E-state index < -0.39 is 0 Å². The van der Waals surface area contributed by atoms with Crippen LogP contribution < -0.4 is 14.2 Å². The molecule has 0 amide bonds. The second-order valence-corrected chi connectivity index (χ2v) is 8.62. The van der Waals surface area contributed by atoms with Gasteiger partial charge < -0.3 is 14.2 Å². The van der Waals surface area contributed by atoms with Crippen molar-refractivity contribution in [3.63, 3.8) is 0 Å². The molecule has 0 fully saturated rings. The molecule has 0 aliphatic carbocycles. The predicted molar refractivity (Wildman–Crippen MR) is 125 cm³/mol. The lowest BCUT2D eigenvalue weighted by atomic mass is 9.84. The first-order valence-corrected chi connectivity index (χ1v) is 11.0. The number of Topliss-reactive ketones (excluding diaryl/α,β-unsaturated/α-hetero) is 1. The average molecular weight is 440 g/mol. The quantitative estimate of drug-likeness (QED) is 0.288. The molecule has 0 spiro atoms. The monoisotopic (exact) mass is 440 g/mol. The van der Waals surface area contributed by atoms with Crippen LogP contribution >= 0.6 is 0 Å². The molecule has 5 rings (SSSR count). The SMILES string of the molecule is COc1ccc(/C=C2\Oc3c(ccc4c3[C@H](c3ccc(C(C)C)cc3)CC(=O)O4)C2=O)cc1. The maximum absolute atomic E-state index is 13.1. The van der Waals surface area contributed by atoms with E-state index >= 15 is 0 Å². The largest absolute Gasteiger partial charge is 0.497 e. The lowest BCUT2D eigenvalue weighted by molar-refractivity contribution is -0.135. The van der Waals surface area contributed by atoms with Gasteiger partial charge in [-0.05, 0) is 52.9 Å². The van der Waals surface area contributed by atoms with Gasteiger partial charge in [-0.2, -0.15) is 0 Å². The zero-order valence-corrected chi connectivity index (χ0v) is 18.8. The third kappa shape index (κ3) is 3.80. The molecule has 3 aromatic carbocycles. The predicted octanol–water partition coefficient (Wildman–Crippen LogP) is 5.88. The fourth-order valence-electron chi connectivity index (χ4n) is 4.36. The lowest BCUT2D eigenvalue weighted by Crippen LogP contribution is -2.21. The molecule has 0 unspecified atom stereocenters. The number of carbonyl (C=O) groups excluding carboxylic acids is 2. The summed E-state index contributed by atoms with van der Waals surface area (Å²) in [7, 11) is 1.61. The first-order chi connectivity index (χ1) is 15.9. The Kier molecular flexibility index (Phi) is 5.25. The number of esters is 1. The van der Waals surface area contributed by atoms with Crippen molar-refractivity contribution in [2.75, 3.05) is 7.11 Å². The van der Waals surface area contributed by atoms with Gasteiger partial charge in [0.05, 0.1) is 19.1 Å². The smallest absolute Gasteiger partial charge is 0.312 e. The molecule has 0 saturated carbocycles. The number of hydrogen-bond donors (Lipinski definition) is 0. The van der Waals surface area contributed by atoms with E-state index in [0.29, 0.717) is 23.0 Å². The molecule has 166 valence electrons. The third-order valence-electron chi connectivity index (χ3n) is 6.20. The Morgan fingerprint density at radius 3 is 2.33 bits per heavy atom. The van der Waals surface area contributed by atoms with Gasteiger partial charge in [-0.3, -0.25) is 9.59 Å². The molecule has 3 aromatic rings. The van der Waals surface area contributed by atoms with Gasteiger partial charge in [0.15, 0.2) is 5.76 Å². The van der Waals surface area contributed by atoms with E-state index in [0.717, 1.165) is 22.4 Å². The fourth-order valence-corrected chi connectivity index (χ4v) is 4.36. The van der Waals surface area contributed by atoms with Gasteiger partial charge >= 0.3 is 5.97 Å². The van der Waals surface area contributed by atoms with E-state index in [1.165, 1.54) is 5.56 Å². The summed E-state index contributed by atoms with van der Waals surface area (Å²) >= 11 is 0. The highest BCUT2D eigenvalue weighted by Crippen LogP contribution is 2.49. The maximum atomic E-state index is 13.1. The van der Waals surface area contributed by atoms with E-state index in [-0.39, 0.29) is 29.9 Å². The third-order valence-corrected chi connectivity index (χ3v) is 6.20. The van der Waals surface area contributed by atoms with E-state index in [4.69, 9.17) is 14.2 Å². The van der Waals surface area contributed by atoms with Crippen LogP contribution in [0.5, 0.6) is 17.2 Å². The normalized spacial score (nSPS) is 18.1. The molecule has 0 saturated heterocycles. The van der Waals surface area contributed by atoms with E-state index in [2.05, 4.69) is 26.0 Å². The Balaban J connectivity index is 1.55. The highest BCUT2D eigenvalue weighted by atomic mass is 16.5. The molecular weight excluding hydrogens is 416 g/mol. The number of methoxy groups -OCH3 is 1. The van der Waals surface area contributed by atoms with Crippen molar-refractivity contribution in [3.05, 3.63) is 94.2 Å². The van der Waals surface area contributed by atoms with Gasteiger partial charge in [-0.1, -0.05) is 50.2 Å². The van der Waals surface area contributed by atoms with E-state index in [1.807, 2.05) is 36.4 Å². The number of benzene rings is 3. The minimum absolute atomic E-state index is 0.186. The number of ether oxygens (including phenoxy) is 3. The van der Waals surface area contributed by atoms with Crippen molar-refractivity contribution in [3.8, 4) is 17.2 Å². The summed E-state index contributed by atoms with van der Waals surface area (Å²) in [5, 5.41) is 0. The van der Waals surface area contributed by atoms with Crippen molar-refractivity contribution in [2.45, 2.75) is 32.1 Å². The van der Waals surface area contributed by atoms with Crippen LogP contribution in [0, 0.1) is 0 Å². The van der Waals surface area contributed by atoms with Crippen LogP contribution in [-0.2, 0) is 4.79 Å². The van der Waals surface area contributed by atoms with Crippen molar-refractivity contribution >= 4 is 17.8 Å². The summed E-state index contributed by atoms with van der Waals surface area (Å²) in [5.74, 6) is 1.59. The first-order valence-electron chi connectivity index (χ1n) is 11.0. The van der Waals surface area contributed by atoms with Gasteiger partial charge in [-0.25, -0.2) is 0 Å². The first kappa shape index (κ1) is 21.0. The van der Waals surface area contributed by atoms with Crippen molar-refractivity contribution in [2.24, 2.45) is 0 Å². The number of rotatable bonds is 4. The molecule has 0 N–H and O–H groups in total. The Bertz CT molecular complexity index is 1270. The van der Waals surface area contributed by atoms with Crippen molar-refractivity contribution < 1.29 is 23.8 Å². The fraction of sp³-hybridized carbons (Fsp3) is 0.214. The molecule has 1 atom stereocenters. The Labute approximate surface area is 192 Å². The van der Waals surface area contributed by atoms with Gasteiger partial charge in [0.1, 0.15) is 17.2 Å². The summed E-state index contributed by atoms with van der Waals surface area (Å²) in [6.07, 6.45) is 1.91. The van der Waals surface area contributed by atoms with Gasteiger partial charge in [0.25, 0.3) is 0 Å². The van der Waals surface area contributed by atoms with Crippen LogP contribution in [0.3, 0.4) is 0 Å². The molecule has 2 aliphatic heterocycles. The summed E-state index contributed by atoms with van der Waals surface area (Å²) < 4.78 is 16.8. The summed E-state index contributed by atoms with van der Waals surface area (Å²) in [4.78, 5) is 25.5. The molecule has 0 bridgehead atoms. The van der Waals surface area contributed by atoms with Crippen LogP contribution in [0.15, 0.2) is 66.4 Å². The molecule has 2 aliphatic rings. The van der Waals surface area contributed by atoms with Gasteiger partial charge in [0, 0.05) is 11.5 Å². The molecule has 0 aromatic heterocycles. The lowest BCUT2D eigenvalue weighted by Gasteiger charge is -2.26. The highest BCUT2D eigenvalue weighted by Gasteiger charge is 2.38. The minimum Gasteiger partial charge on any atom is -0.497 e. The maximum Gasteiger partial charge on any atom is 0.312 e. The Morgan fingerprint density at radius 1 is 0.939 bits per heavy atom. The zero-order chi connectivity index (χ0) is 23.1. The van der Waals surface area contributed by atoms with Crippen LogP contribution in [0.4, 0.5) is 0 Å². The van der Waals surface area contributed by atoms with Crippen LogP contribution in [0.25, 0.3) is 6.08 Å². The second-order valence-electron chi connectivity index (χ2n) is 8.62. The summed E-state index contributed by atoms with van der Waals surface area (Å²) in [6.45, 7) is 4.29. The number of carbonyl (C=O) groups is 2. The van der Waals surface area contributed by atoms with E-state index in [1.54, 1.807) is 25.3 Å². The topological polar surface area (TPSA) is 61.8 Å². The summed E-state index contributed by atoms with van der Waals surface area (Å²) in [6, 6.07) is 19.0. The minimum atomic E-state index is -0.293. The van der Waals surface area contributed by atoms with Gasteiger partial charge in [0.2, 0.25) is 5.78 Å². The van der Waals surface area contributed by atoms with Crippen molar-refractivity contribution in [1.82, 2.24) is 0 Å². The summed E-state index contributed by atoms with van der Waals surface area (Å²) in [5.41, 5.74) is 4.28. The van der Waals surface area contributed by atoms with Crippen LogP contribution in [0.1, 0.15) is 64.7 Å². The number of fused-ring (bicyclic) bond motifs is 3. The molecule has 5 heteroatoms. The standard InChI is InChI=1S/C28H24O5/c1-16(2)18-6-8-19(9-7-18)22-15-25(29)32-23-13-12-21-27(30)24(33-28(21)26(22)23)14-17-4-10-20(31-3)11-5-17/h4-14,16,22H,15H2,1-3H3/b24-14-/t22-/m0/s1. The number of ketones is 1. The van der Waals surface area contributed by atoms with Crippen molar-refractivity contribution in [1.29, 1.82) is 0 Å². The number of allylic oxidation sites excluding steroid dienone is 1. The average Bonchev–Trinajstić information content (AvgIpc) is 3.14. The van der Waals surface area contributed by atoms with Crippen LogP contribution in [0.2, 0.25) is 0 Å². The molecule has 33 heavy (non-hydrogen) atoms. The van der Waals surface area contributed by atoms with E-state index in [9.17, 15) is 9.59 Å². The Morgan fingerprint density at radius 2 is 1.67 bits per heavy atom. The molecule has 2 heterocycles. The second kappa shape index (κ2) is 8.24. The molecular formula is C28H24O5. The molecule has 0 radical (unpaired) electrons. The highest BCUT2D eigenvalue weighted by molar-refractivity contribution is 6.15.